The largest absolute Gasteiger partial charge is 0.454 e. The Balaban J connectivity index is 1.76. The van der Waals surface area contributed by atoms with Crippen LogP contribution in [0.5, 0.6) is 11.5 Å². The van der Waals surface area contributed by atoms with E-state index in [4.69, 9.17) is 9.47 Å². The molecule has 23 heavy (non-hydrogen) atoms. The van der Waals surface area contributed by atoms with Gasteiger partial charge in [0.25, 0.3) is 0 Å². The van der Waals surface area contributed by atoms with Crippen molar-refractivity contribution in [2.24, 2.45) is 0 Å². The molecule has 5 rings (SSSR count). The molecule has 0 saturated heterocycles. The molecule has 0 saturated carbocycles. The zero-order valence-corrected chi connectivity index (χ0v) is 11.7. The van der Waals surface area contributed by atoms with Gasteiger partial charge in [-0.1, -0.05) is 0 Å². The maximum Gasteiger partial charge on any atom is 0.231 e. The zero-order chi connectivity index (χ0) is 15.4. The van der Waals surface area contributed by atoms with Gasteiger partial charge >= 0.3 is 0 Å². The molecule has 2 aromatic heterocycles. The molecule has 7 heteroatoms. The normalized spacial score (nSPS) is 13.1. The van der Waals surface area contributed by atoms with Gasteiger partial charge in [-0.15, -0.1) is 10.2 Å². The fourth-order valence-electron chi connectivity index (χ4n) is 2.74. The Morgan fingerprint density at radius 3 is 2.87 bits per heavy atom. The summed E-state index contributed by atoms with van der Waals surface area (Å²) in [5.41, 5.74) is 2.05. The highest BCUT2D eigenvalue weighted by Crippen LogP contribution is 2.35. The van der Waals surface area contributed by atoms with Crippen LogP contribution in [0.25, 0.3) is 27.9 Å². The van der Waals surface area contributed by atoms with E-state index in [1.807, 2.05) is 18.2 Å². The second-order valence-corrected chi connectivity index (χ2v) is 5.19. The molecule has 3 heterocycles. The average molecular weight is 308 g/mol. The molecular formula is C16H9FN4O2. The molecule has 4 aromatic rings. The van der Waals surface area contributed by atoms with Crippen LogP contribution in [0.1, 0.15) is 0 Å². The number of aromatic nitrogens is 4. The van der Waals surface area contributed by atoms with Gasteiger partial charge in [0.15, 0.2) is 23.0 Å². The monoisotopic (exact) mass is 308 g/mol. The first kappa shape index (κ1) is 12.3. The van der Waals surface area contributed by atoms with Crippen molar-refractivity contribution in [3.8, 4) is 22.9 Å². The van der Waals surface area contributed by atoms with Crippen molar-refractivity contribution < 1.29 is 13.9 Å². The molecule has 6 nitrogen and oxygen atoms in total. The summed E-state index contributed by atoms with van der Waals surface area (Å²) in [5, 5.41) is 9.03. The Bertz CT molecular complexity index is 1080. The van der Waals surface area contributed by atoms with Crippen LogP contribution in [0.3, 0.4) is 0 Å². The summed E-state index contributed by atoms with van der Waals surface area (Å²) in [6, 6.07) is 9.96. The van der Waals surface area contributed by atoms with E-state index in [-0.39, 0.29) is 12.6 Å². The third-order valence-electron chi connectivity index (χ3n) is 3.84. The fourth-order valence-corrected chi connectivity index (χ4v) is 2.74. The molecule has 1 aliphatic rings. The highest BCUT2D eigenvalue weighted by molar-refractivity contribution is 5.91. The van der Waals surface area contributed by atoms with E-state index in [1.54, 1.807) is 16.8 Å². The topological polar surface area (TPSA) is 61.5 Å². The number of ether oxygens (including phenoxy) is 2. The quantitative estimate of drug-likeness (QED) is 0.541. The van der Waals surface area contributed by atoms with Crippen LogP contribution in [0.2, 0.25) is 0 Å². The van der Waals surface area contributed by atoms with E-state index >= 15 is 0 Å². The fraction of sp³-hybridized carbons (Fsp3) is 0.0625. The number of benzene rings is 2. The second-order valence-electron chi connectivity index (χ2n) is 5.19. The van der Waals surface area contributed by atoms with Crippen molar-refractivity contribution in [2.75, 3.05) is 6.79 Å². The minimum Gasteiger partial charge on any atom is -0.454 e. The molecule has 0 bridgehead atoms. The minimum absolute atomic E-state index is 0.213. The predicted molar refractivity (Wildman–Crippen MR) is 79.8 cm³/mol. The molecule has 112 valence electrons. The van der Waals surface area contributed by atoms with E-state index in [9.17, 15) is 4.39 Å². The summed E-state index contributed by atoms with van der Waals surface area (Å²) >= 11 is 0. The van der Waals surface area contributed by atoms with Crippen molar-refractivity contribution in [3.63, 3.8) is 0 Å². The van der Waals surface area contributed by atoms with Gasteiger partial charge in [-0.05, 0) is 36.4 Å². The van der Waals surface area contributed by atoms with Gasteiger partial charge in [0, 0.05) is 10.9 Å². The van der Waals surface area contributed by atoms with Crippen LogP contribution in [0, 0.1) is 5.82 Å². The predicted octanol–water partition coefficient (Wildman–Crippen LogP) is 2.81. The van der Waals surface area contributed by atoms with Crippen molar-refractivity contribution >= 4 is 16.6 Å². The molecule has 0 fully saturated rings. The van der Waals surface area contributed by atoms with Crippen molar-refractivity contribution in [1.82, 2.24) is 19.6 Å². The van der Waals surface area contributed by atoms with Gasteiger partial charge in [-0.25, -0.2) is 9.37 Å². The first-order valence-corrected chi connectivity index (χ1v) is 6.99. The van der Waals surface area contributed by atoms with Crippen molar-refractivity contribution in [1.29, 1.82) is 0 Å². The summed E-state index contributed by atoms with van der Waals surface area (Å²) in [5.74, 6) is 1.64. The van der Waals surface area contributed by atoms with E-state index in [0.29, 0.717) is 33.9 Å². The van der Waals surface area contributed by atoms with E-state index in [2.05, 4.69) is 15.2 Å². The molecule has 0 atom stereocenters. The van der Waals surface area contributed by atoms with Crippen molar-refractivity contribution in [3.05, 3.63) is 48.5 Å². The smallest absolute Gasteiger partial charge is 0.231 e. The van der Waals surface area contributed by atoms with Crippen LogP contribution in [0.15, 0.2) is 42.7 Å². The maximum atomic E-state index is 13.5. The number of halogens is 1. The van der Waals surface area contributed by atoms with Gasteiger partial charge in [0.2, 0.25) is 6.79 Å². The summed E-state index contributed by atoms with van der Waals surface area (Å²) in [7, 11) is 0. The second kappa shape index (κ2) is 4.39. The summed E-state index contributed by atoms with van der Waals surface area (Å²) in [6.07, 6.45) is 1.63. The SMILES string of the molecule is Fc1ccc2ncn3c(-c4ccc5c(c4)OCO5)nnc3c2c1. The lowest BCUT2D eigenvalue weighted by molar-refractivity contribution is 0.174. The highest BCUT2D eigenvalue weighted by atomic mass is 19.1. The summed E-state index contributed by atoms with van der Waals surface area (Å²) in [6.45, 7) is 0.213. The number of hydrogen-bond acceptors (Lipinski definition) is 5. The van der Waals surface area contributed by atoms with Gasteiger partial charge in [-0.3, -0.25) is 4.40 Å². The van der Waals surface area contributed by atoms with Crippen LogP contribution in [0.4, 0.5) is 4.39 Å². The summed E-state index contributed by atoms with van der Waals surface area (Å²) < 4.78 is 26.0. The maximum absolute atomic E-state index is 13.5. The van der Waals surface area contributed by atoms with Gasteiger partial charge in [0.05, 0.1) is 5.52 Å². The van der Waals surface area contributed by atoms with Gasteiger partial charge in [0.1, 0.15) is 12.1 Å². The van der Waals surface area contributed by atoms with Gasteiger partial charge < -0.3 is 9.47 Å². The first-order valence-electron chi connectivity index (χ1n) is 6.99. The van der Waals surface area contributed by atoms with Crippen LogP contribution in [-0.2, 0) is 0 Å². The standard InChI is InChI=1S/C16H9FN4O2/c17-10-2-3-12-11(6-10)16-20-19-15(21(16)7-18-12)9-1-4-13-14(5-9)23-8-22-13/h1-7H,8H2. The molecule has 0 unspecified atom stereocenters. The average Bonchev–Trinajstić information content (AvgIpc) is 3.20. The van der Waals surface area contributed by atoms with Gasteiger partial charge in [-0.2, -0.15) is 0 Å². The number of hydrogen-bond donors (Lipinski definition) is 0. The van der Waals surface area contributed by atoms with Crippen LogP contribution >= 0.6 is 0 Å². The first-order chi connectivity index (χ1) is 11.3. The molecule has 2 aromatic carbocycles. The summed E-state index contributed by atoms with van der Waals surface area (Å²) in [4.78, 5) is 4.34. The van der Waals surface area contributed by atoms with Crippen LogP contribution in [-0.4, -0.2) is 26.4 Å². The molecule has 1 aliphatic heterocycles. The Morgan fingerprint density at radius 1 is 1.00 bits per heavy atom. The minimum atomic E-state index is -0.333. The van der Waals surface area contributed by atoms with Crippen LogP contribution < -0.4 is 9.47 Å². The lowest BCUT2D eigenvalue weighted by Crippen LogP contribution is -1.93. The zero-order valence-electron chi connectivity index (χ0n) is 11.7. The molecule has 0 radical (unpaired) electrons. The number of fused-ring (bicyclic) bond motifs is 4. The lowest BCUT2D eigenvalue weighted by Gasteiger charge is -2.03. The molecule has 0 aliphatic carbocycles. The lowest BCUT2D eigenvalue weighted by atomic mass is 10.2. The Labute approximate surface area is 129 Å². The highest BCUT2D eigenvalue weighted by Gasteiger charge is 2.17. The third kappa shape index (κ3) is 1.76. The molecule has 0 N–H and O–H groups in total. The van der Waals surface area contributed by atoms with Crippen molar-refractivity contribution in [2.45, 2.75) is 0 Å². The molecule has 0 amide bonds. The Morgan fingerprint density at radius 2 is 1.91 bits per heavy atom. The number of rotatable bonds is 1. The van der Waals surface area contributed by atoms with E-state index in [1.165, 1.54) is 12.1 Å². The Hall–Kier alpha value is -3.22. The third-order valence-corrected chi connectivity index (χ3v) is 3.84. The Kier molecular flexibility index (Phi) is 2.35. The molecular weight excluding hydrogens is 299 g/mol. The van der Waals surface area contributed by atoms with E-state index < -0.39 is 0 Å². The number of nitrogens with zero attached hydrogens (tertiary/aromatic N) is 4. The molecule has 0 spiro atoms. The van der Waals surface area contributed by atoms with E-state index in [0.717, 1.165) is 5.56 Å².